The Bertz CT molecular complexity index is 700. The fourth-order valence-corrected chi connectivity index (χ4v) is 2.73. The first-order chi connectivity index (χ1) is 11.0. The van der Waals surface area contributed by atoms with Crippen LogP contribution in [0.2, 0.25) is 0 Å². The number of nitrogens with zero attached hydrogens (tertiary/aromatic N) is 3. The van der Waals surface area contributed by atoms with Gasteiger partial charge in [0.05, 0.1) is 18.2 Å². The summed E-state index contributed by atoms with van der Waals surface area (Å²) in [4.78, 5) is 23.4. The molecule has 0 radical (unpaired) electrons. The molecule has 1 aromatic heterocycles. The van der Waals surface area contributed by atoms with Gasteiger partial charge in [0.1, 0.15) is 5.69 Å². The second-order valence-corrected chi connectivity index (χ2v) is 6.26. The van der Waals surface area contributed by atoms with Gasteiger partial charge in [-0.1, -0.05) is 30.3 Å². The largest absolute Gasteiger partial charge is 0.372 e. The number of morpholine rings is 1. The molecule has 1 fully saturated rings. The molecule has 1 aliphatic heterocycles. The molecule has 1 atom stereocenters. The van der Waals surface area contributed by atoms with Gasteiger partial charge in [0, 0.05) is 18.3 Å². The SMILES string of the molecule is CC1N(C(=O)c2ccnc(-c3ccccc3)n2)CCOC1(C)C. The van der Waals surface area contributed by atoms with Crippen LogP contribution in [0.5, 0.6) is 0 Å². The minimum Gasteiger partial charge on any atom is -0.372 e. The van der Waals surface area contributed by atoms with E-state index in [2.05, 4.69) is 9.97 Å². The molecule has 0 saturated carbocycles. The Morgan fingerprint density at radius 2 is 2.00 bits per heavy atom. The molecule has 1 aliphatic rings. The molecule has 120 valence electrons. The maximum Gasteiger partial charge on any atom is 0.273 e. The second-order valence-electron chi connectivity index (χ2n) is 6.26. The van der Waals surface area contributed by atoms with Crippen LogP contribution in [0.25, 0.3) is 11.4 Å². The lowest BCUT2D eigenvalue weighted by molar-refractivity contribution is -0.109. The minimum atomic E-state index is -0.358. The summed E-state index contributed by atoms with van der Waals surface area (Å²) in [7, 11) is 0. The zero-order valence-electron chi connectivity index (χ0n) is 13.7. The van der Waals surface area contributed by atoms with Crippen molar-refractivity contribution in [3.8, 4) is 11.4 Å². The lowest BCUT2D eigenvalue weighted by Gasteiger charge is -2.44. The summed E-state index contributed by atoms with van der Waals surface area (Å²) in [5.41, 5.74) is 0.962. The van der Waals surface area contributed by atoms with Gasteiger partial charge < -0.3 is 9.64 Å². The molecule has 3 rings (SSSR count). The van der Waals surface area contributed by atoms with E-state index < -0.39 is 0 Å². The second kappa shape index (κ2) is 6.08. The summed E-state index contributed by atoms with van der Waals surface area (Å²) in [6.45, 7) is 7.14. The first-order valence-electron chi connectivity index (χ1n) is 7.82. The molecule has 5 heteroatoms. The van der Waals surface area contributed by atoms with Crippen LogP contribution in [0, 0.1) is 0 Å². The first-order valence-corrected chi connectivity index (χ1v) is 7.82. The van der Waals surface area contributed by atoms with Gasteiger partial charge in [0.25, 0.3) is 5.91 Å². The number of ether oxygens (including phenoxy) is 1. The number of hydrogen-bond acceptors (Lipinski definition) is 4. The highest BCUT2D eigenvalue weighted by molar-refractivity contribution is 5.93. The summed E-state index contributed by atoms with van der Waals surface area (Å²) < 4.78 is 5.76. The van der Waals surface area contributed by atoms with Crippen LogP contribution in [0.1, 0.15) is 31.3 Å². The van der Waals surface area contributed by atoms with Crippen LogP contribution in [-0.2, 0) is 4.74 Å². The van der Waals surface area contributed by atoms with Gasteiger partial charge >= 0.3 is 0 Å². The third-order valence-electron chi connectivity index (χ3n) is 4.45. The number of aromatic nitrogens is 2. The number of rotatable bonds is 2. The van der Waals surface area contributed by atoms with Crippen molar-refractivity contribution in [2.24, 2.45) is 0 Å². The van der Waals surface area contributed by atoms with E-state index in [0.29, 0.717) is 24.7 Å². The minimum absolute atomic E-state index is 0.0149. The average Bonchev–Trinajstić information content (AvgIpc) is 2.58. The highest BCUT2D eigenvalue weighted by atomic mass is 16.5. The molecular weight excluding hydrogens is 290 g/mol. The monoisotopic (exact) mass is 311 g/mol. The summed E-state index contributed by atoms with van der Waals surface area (Å²) in [5, 5.41) is 0. The van der Waals surface area contributed by atoms with Gasteiger partial charge in [0.2, 0.25) is 0 Å². The van der Waals surface area contributed by atoms with E-state index in [1.807, 2.05) is 56.0 Å². The van der Waals surface area contributed by atoms with Crippen molar-refractivity contribution in [1.82, 2.24) is 14.9 Å². The van der Waals surface area contributed by atoms with Gasteiger partial charge in [0.15, 0.2) is 5.82 Å². The Kier molecular flexibility index (Phi) is 4.13. The van der Waals surface area contributed by atoms with Crippen molar-refractivity contribution >= 4 is 5.91 Å². The number of benzene rings is 1. The standard InChI is InChI=1S/C18H21N3O2/c1-13-18(2,3)23-12-11-21(13)17(22)15-9-10-19-16(20-15)14-7-5-4-6-8-14/h4-10,13H,11-12H2,1-3H3. The summed E-state index contributed by atoms with van der Waals surface area (Å²) in [5.74, 6) is 0.491. The Morgan fingerprint density at radius 1 is 1.26 bits per heavy atom. The van der Waals surface area contributed by atoms with Crippen molar-refractivity contribution in [3.05, 3.63) is 48.3 Å². The first kappa shape index (κ1) is 15.6. The molecule has 0 bridgehead atoms. The molecule has 1 unspecified atom stereocenters. The van der Waals surface area contributed by atoms with E-state index in [1.54, 1.807) is 12.3 Å². The Morgan fingerprint density at radius 3 is 2.74 bits per heavy atom. The van der Waals surface area contributed by atoms with Crippen molar-refractivity contribution < 1.29 is 9.53 Å². The van der Waals surface area contributed by atoms with Crippen LogP contribution in [-0.4, -0.2) is 45.6 Å². The number of hydrogen-bond donors (Lipinski definition) is 0. The molecule has 2 aromatic rings. The molecule has 0 N–H and O–H groups in total. The topological polar surface area (TPSA) is 55.3 Å². The van der Waals surface area contributed by atoms with Gasteiger partial charge in [-0.25, -0.2) is 9.97 Å². The predicted octanol–water partition coefficient (Wildman–Crippen LogP) is 2.78. The van der Waals surface area contributed by atoms with E-state index >= 15 is 0 Å². The quantitative estimate of drug-likeness (QED) is 0.856. The van der Waals surface area contributed by atoms with Gasteiger partial charge in [-0.15, -0.1) is 0 Å². The molecule has 0 aliphatic carbocycles. The fraction of sp³-hybridized carbons (Fsp3) is 0.389. The van der Waals surface area contributed by atoms with E-state index in [4.69, 9.17) is 4.74 Å². The molecule has 1 aromatic carbocycles. The van der Waals surface area contributed by atoms with Crippen LogP contribution < -0.4 is 0 Å². The van der Waals surface area contributed by atoms with Crippen LogP contribution in [0.4, 0.5) is 0 Å². The zero-order chi connectivity index (χ0) is 16.4. The van der Waals surface area contributed by atoms with Gasteiger partial charge in [-0.05, 0) is 26.8 Å². The Labute approximate surface area is 136 Å². The smallest absolute Gasteiger partial charge is 0.273 e. The van der Waals surface area contributed by atoms with E-state index in [9.17, 15) is 4.79 Å². The highest BCUT2D eigenvalue weighted by Gasteiger charge is 2.38. The predicted molar refractivity (Wildman–Crippen MR) is 88.0 cm³/mol. The fourth-order valence-electron chi connectivity index (χ4n) is 2.73. The summed E-state index contributed by atoms with van der Waals surface area (Å²) in [6.07, 6.45) is 1.64. The molecule has 1 amide bonds. The summed E-state index contributed by atoms with van der Waals surface area (Å²) in [6, 6.07) is 11.3. The average molecular weight is 311 g/mol. The lowest BCUT2D eigenvalue weighted by Crippen LogP contribution is -2.57. The molecule has 0 spiro atoms. The molecule has 2 heterocycles. The van der Waals surface area contributed by atoms with Crippen LogP contribution in [0.3, 0.4) is 0 Å². The van der Waals surface area contributed by atoms with E-state index in [1.165, 1.54) is 0 Å². The lowest BCUT2D eigenvalue weighted by atomic mass is 9.96. The maximum absolute atomic E-state index is 12.9. The van der Waals surface area contributed by atoms with Crippen molar-refractivity contribution in [2.75, 3.05) is 13.2 Å². The van der Waals surface area contributed by atoms with Crippen molar-refractivity contribution in [3.63, 3.8) is 0 Å². The number of carbonyl (C=O) groups excluding carboxylic acids is 1. The third-order valence-corrected chi connectivity index (χ3v) is 4.45. The van der Waals surface area contributed by atoms with E-state index in [-0.39, 0.29) is 17.6 Å². The zero-order valence-corrected chi connectivity index (χ0v) is 13.7. The molecule has 1 saturated heterocycles. The molecule has 5 nitrogen and oxygen atoms in total. The summed E-state index contributed by atoms with van der Waals surface area (Å²) >= 11 is 0. The van der Waals surface area contributed by atoms with E-state index in [0.717, 1.165) is 5.56 Å². The van der Waals surface area contributed by atoms with Crippen LogP contribution >= 0.6 is 0 Å². The normalized spacial score (nSPS) is 20.3. The van der Waals surface area contributed by atoms with Crippen molar-refractivity contribution in [2.45, 2.75) is 32.4 Å². The van der Waals surface area contributed by atoms with Gasteiger partial charge in [-0.3, -0.25) is 4.79 Å². The molecular formula is C18H21N3O2. The third kappa shape index (κ3) is 3.10. The number of amides is 1. The Hall–Kier alpha value is -2.27. The van der Waals surface area contributed by atoms with Crippen LogP contribution in [0.15, 0.2) is 42.6 Å². The maximum atomic E-state index is 12.9. The molecule has 23 heavy (non-hydrogen) atoms. The highest BCUT2D eigenvalue weighted by Crippen LogP contribution is 2.25. The Balaban J connectivity index is 1.88. The number of carbonyl (C=O) groups is 1. The van der Waals surface area contributed by atoms with Crippen molar-refractivity contribution in [1.29, 1.82) is 0 Å². The van der Waals surface area contributed by atoms with Gasteiger partial charge in [-0.2, -0.15) is 0 Å².